The molecule has 22 heteroatoms. The molecule has 0 aromatic carbocycles. The molecule has 0 aliphatic carbocycles. The Morgan fingerprint density at radius 1 is 0.273 bits per heavy atom. The van der Waals surface area contributed by atoms with Crippen LogP contribution < -0.4 is 135 Å². The standard InChI is InChI=1S/4IO4.Na.Os.H/c4*2-1(3,4)5;;;/q4*-1;;+4;. The molecular weight excluding hydrogens is 977 g/mol. The van der Waals surface area contributed by atoms with Crippen molar-refractivity contribution in [2.45, 2.75) is 0 Å². The first-order chi connectivity index (χ1) is 8.00. The van der Waals surface area contributed by atoms with Gasteiger partial charge in [0.2, 0.25) is 0 Å². The van der Waals surface area contributed by atoms with E-state index in [0.29, 0.717) is 0 Å². The predicted molar refractivity (Wildman–Crippen MR) is 7.15 cm³/mol. The summed E-state index contributed by atoms with van der Waals surface area (Å²) in [6.07, 6.45) is 0. The van der Waals surface area contributed by atoms with Gasteiger partial charge in [-0.2, -0.15) is 0 Å². The third-order valence-corrected chi connectivity index (χ3v) is 0. The van der Waals surface area contributed by atoms with Gasteiger partial charge in [0.25, 0.3) is 0 Å². The second-order valence-corrected chi connectivity index (χ2v) is 10.1. The molecule has 0 rings (SSSR count). The van der Waals surface area contributed by atoms with E-state index in [1.165, 1.54) is 0 Å². The summed E-state index contributed by atoms with van der Waals surface area (Å²) in [5.41, 5.74) is 0. The first kappa shape index (κ1) is 40.6. The minimum absolute atomic E-state index is 0. The van der Waals surface area contributed by atoms with Crippen molar-refractivity contribution in [3.05, 3.63) is 0 Å². The molecule has 22 heavy (non-hydrogen) atoms. The minimum Gasteiger partial charge on any atom is -0.286 e. The van der Waals surface area contributed by atoms with Gasteiger partial charge < -0.3 is 0 Å². The maximum atomic E-state index is 8.62. The summed E-state index contributed by atoms with van der Waals surface area (Å²) in [6.45, 7) is 0. The zero-order chi connectivity index (χ0) is 18.0. The Kier molecular flexibility index (Phi) is 33.7. The molecule has 0 aliphatic rings. The van der Waals surface area contributed by atoms with Crippen molar-refractivity contribution in [2.24, 2.45) is 0 Å². The zero-order valence-corrected chi connectivity index (χ0v) is 19.6. The van der Waals surface area contributed by atoms with Crippen molar-refractivity contribution in [3.8, 4) is 0 Å². The van der Waals surface area contributed by atoms with Gasteiger partial charge in [-0.05, 0) is 0 Å². The number of hydrogen-bond donors (Lipinski definition) is 0. The Morgan fingerprint density at radius 2 is 0.273 bits per heavy atom. The summed E-state index contributed by atoms with van der Waals surface area (Å²) >= 11 is -23.8. The third kappa shape index (κ3) is 819. The summed E-state index contributed by atoms with van der Waals surface area (Å²) in [7, 11) is 0. The molecule has 0 amide bonds. The van der Waals surface area contributed by atoms with Crippen LogP contribution in [0, 0.1) is 0 Å². The molecule has 0 unspecified atom stereocenters. The van der Waals surface area contributed by atoms with E-state index < -0.39 is 80.4 Å². The summed E-state index contributed by atoms with van der Waals surface area (Å²) < 4.78 is 138. The van der Waals surface area contributed by atoms with Crippen LogP contribution in [0.25, 0.3) is 0 Å². The summed E-state index contributed by atoms with van der Waals surface area (Å²) in [6, 6.07) is 0. The Hall–Kier alpha value is 3.92. The van der Waals surface area contributed by atoms with Crippen molar-refractivity contribution in [1.29, 1.82) is 0 Å². The predicted octanol–water partition coefficient (Wildman–Crippen LogP) is -31.7. The van der Waals surface area contributed by atoms with Crippen LogP contribution in [0.2, 0.25) is 0 Å². The molecule has 0 bridgehead atoms. The molecule has 134 valence electrons. The number of hydrogen-bond acceptors (Lipinski definition) is 16. The van der Waals surface area contributed by atoms with Crippen molar-refractivity contribution < 1.29 is 155 Å². The van der Waals surface area contributed by atoms with Gasteiger partial charge in [-0.3, -0.25) is 55.0 Å². The molecule has 0 saturated carbocycles. The van der Waals surface area contributed by atoms with E-state index in [9.17, 15) is 0 Å². The second kappa shape index (κ2) is 18.3. The van der Waals surface area contributed by atoms with E-state index in [4.69, 9.17) is 55.0 Å². The topological polar surface area (TPSA) is 369 Å². The maximum Gasteiger partial charge on any atom is 4.00 e. The Balaban J connectivity index is -0.0000000376. The molecule has 0 heterocycles. The van der Waals surface area contributed by atoms with E-state index in [1.807, 2.05) is 0 Å². The fourth-order valence-corrected chi connectivity index (χ4v) is 0. The van der Waals surface area contributed by atoms with Crippen LogP contribution in [-0.4, -0.2) is 29.6 Å². The summed E-state index contributed by atoms with van der Waals surface area (Å²) in [5, 5.41) is 0. The molecule has 0 aromatic rings. The first-order valence-corrected chi connectivity index (χ1v) is 16.6. The van der Waals surface area contributed by atoms with Gasteiger partial charge in [-0.15, -0.1) is 0 Å². The molecule has 16 nitrogen and oxygen atoms in total. The molecule has 0 N–H and O–H groups in total. The molecule has 0 saturated heterocycles. The number of rotatable bonds is 0. The van der Waals surface area contributed by atoms with Crippen molar-refractivity contribution in [2.75, 3.05) is 0 Å². The smallest absolute Gasteiger partial charge is 0.286 e. The van der Waals surface area contributed by atoms with Crippen LogP contribution in [0.1, 0.15) is 0 Å². The van der Waals surface area contributed by atoms with Gasteiger partial charge in [0.05, 0.1) is 0 Å². The van der Waals surface area contributed by atoms with Crippen LogP contribution in [0.4, 0.5) is 0 Å². The van der Waals surface area contributed by atoms with Crippen molar-refractivity contribution in [3.63, 3.8) is 0 Å². The van der Waals surface area contributed by atoms with Gasteiger partial charge in [0.1, 0.15) is 80.4 Å². The largest absolute Gasteiger partial charge is 4.00 e. The fraction of sp³-hybridized carbons (Fsp3) is 0. The molecule has 0 aliphatic heterocycles. The maximum absolute atomic E-state index is 8.62. The van der Waals surface area contributed by atoms with Gasteiger partial charge in [0.15, 0.2) is 0 Å². The average molecular weight is 978 g/mol. The van der Waals surface area contributed by atoms with Gasteiger partial charge in [0, 0.05) is 0 Å². The van der Waals surface area contributed by atoms with E-state index in [0.717, 1.165) is 0 Å². The van der Waals surface area contributed by atoms with Gasteiger partial charge >= 0.3 is 49.3 Å². The third-order valence-electron chi connectivity index (χ3n) is 0. The molecule has 0 atom stereocenters. The quantitative estimate of drug-likeness (QED) is 0.161. The van der Waals surface area contributed by atoms with Gasteiger partial charge in [-0.1, -0.05) is 0 Å². The van der Waals surface area contributed by atoms with E-state index in [-0.39, 0.29) is 49.3 Å². The van der Waals surface area contributed by atoms with Gasteiger partial charge in [-0.25, -0.2) is 0 Å². The fourth-order valence-electron chi connectivity index (χ4n) is 0. The Morgan fingerprint density at radius 3 is 0.273 bits per heavy atom. The molecule has 0 aromatic heterocycles. The van der Waals surface area contributed by atoms with Crippen LogP contribution in [0.15, 0.2) is 0 Å². The Bertz CT molecular complexity index is 136. The molecule has 0 radical (unpaired) electrons. The molecule has 0 fully saturated rings. The zero-order valence-electron chi connectivity index (χ0n) is 8.40. The van der Waals surface area contributed by atoms with E-state index >= 15 is 0 Å². The summed E-state index contributed by atoms with van der Waals surface area (Å²) in [5.74, 6) is 0. The normalized spacial score (nSPS) is 10.9. The SMILES string of the molecule is [NaH].[O-][I+3]([O-])([O-])[O-].[O-][I+3]([O-])([O-])[O-].[O-][I+3]([O-])([O-])[O-].[O-][I+3]([O-])([O-])[O-].[Os+4]. The second-order valence-electron chi connectivity index (χ2n) is 1.51. The molecule has 0 spiro atoms. The van der Waals surface area contributed by atoms with Crippen molar-refractivity contribution in [1.82, 2.24) is 0 Å². The van der Waals surface area contributed by atoms with E-state index in [1.54, 1.807) is 0 Å². The summed E-state index contributed by atoms with van der Waals surface area (Å²) in [4.78, 5) is 0. The van der Waals surface area contributed by atoms with Crippen molar-refractivity contribution >= 4 is 29.6 Å². The van der Waals surface area contributed by atoms with Crippen LogP contribution in [0.3, 0.4) is 0 Å². The minimum atomic E-state index is -5.94. The average Bonchev–Trinajstić information content (AvgIpc) is 1.62. The molecular formula is HI4NaO16Os. The number of halogens is 4. The van der Waals surface area contributed by atoms with Crippen LogP contribution in [-0.2, 0) is 19.8 Å². The first-order valence-electron chi connectivity index (χ1n) is 2.47. The van der Waals surface area contributed by atoms with E-state index in [2.05, 4.69) is 0 Å². The monoisotopic (exact) mass is 979 g/mol. The van der Waals surface area contributed by atoms with Crippen LogP contribution >= 0.6 is 0 Å². The Labute approximate surface area is 181 Å². The van der Waals surface area contributed by atoms with Crippen LogP contribution in [0.5, 0.6) is 0 Å².